The summed E-state index contributed by atoms with van der Waals surface area (Å²) in [6, 6.07) is 24.6. The number of ketones is 1. The first kappa shape index (κ1) is 13.8. The van der Waals surface area contributed by atoms with E-state index in [1.165, 1.54) is 0 Å². The summed E-state index contributed by atoms with van der Waals surface area (Å²) < 4.78 is 1.86. The third-order valence-electron chi connectivity index (χ3n) is 3.50. The van der Waals surface area contributed by atoms with Gasteiger partial charge in [-0.2, -0.15) is 5.26 Å². The quantitative estimate of drug-likeness (QED) is 0.685. The Kier molecular flexibility index (Phi) is 3.84. The number of hydrogen-bond acceptors (Lipinski definition) is 2. The third kappa shape index (κ3) is 2.55. The number of carbonyl (C=O) groups excluding carboxylic acids is 1. The van der Waals surface area contributed by atoms with E-state index >= 15 is 0 Å². The number of aromatic nitrogens is 1. The molecule has 106 valence electrons. The zero-order valence-corrected chi connectivity index (χ0v) is 11.9. The second-order valence-electron chi connectivity index (χ2n) is 4.91. The van der Waals surface area contributed by atoms with Crippen LogP contribution in [0.2, 0.25) is 0 Å². The summed E-state index contributed by atoms with van der Waals surface area (Å²) in [6.45, 7) is 0. The van der Waals surface area contributed by atoms with Gasteiger partial charge in [0.2, 0.25) is 5.78 Å². The Hall–Kier alpha value is -3.12. The van der Waals surface area contributed by atoms with Crippen molar-refractivity contribution in [3.8, 4) is 11.8 Å². The molecule has 1 aromatic heterocycles. The van der Waals surface area contributed by atoms with Gasteiger partial charge in [-0.15, -0.1) is 0 Å². The number of nitriles is 1. The van der Waals surface area contributed by atoms with E-state index in [4.69, 9.17) is 5.26 Å². The summed E-state index contributed by atoms with van der Waals surface area (Å²) in [5.41, 5.74) is 2.91. The predicted octanol–water partition coefficient (Wildman–Crippen LogP) is 3.77. The molecule has 0 aliphatic carbocycles. The van der Waals surface area contributed by atoms with Crippen molar-refractivity contribution >= 4 is 5.78 Å². The van der Waals surface area contributed by atoms with E-state index in [1.807, 2.05) is 59.2 Å². The number of rotatable bonds is 4. The van der Waals surface area contributed by atoms with Crippen molar-refractivity contribution in [1.29, 1.82) is 5.26 Å². The lowest BCUT2D eigenvalue weighted by Crippen LogP contribution is -2.10. The van der Waals surface area contributed by atoms with Crippen LogP contribution in [-0.4, -0.2) is 10.4 Å². The van der Waals surface area contributed by atoms with Crippen LogP contribution in [0, 0.1) is 11.3 Å². The molecule has 1 heterocycles. The first-order valence-electron chi connectivity index (χ1n) is 7.04. The van der Waals surface area contributed by atoms with Crippen LogP contribution in [0.5, 0.6) is 0 Å². The van der Waals surface area contributed by atoms with E-state index in [2.05, 4.69) is 6.07 Å². The largest absolute Gasteiger partial charge is 0.310 e. The van der Waals surface area contributed by atoms with Crippen LogP contribution in [0.25, 0.3) is 5.69 Å². The van der Waals surface area contributed by atoms with E-state index in [9.17, 15) is 4.79 Å². The van der Waals surface area contributed by atoms with Gasteiger partial charge in [0.25, 0.3) is 0 Å². The lowest BCUT2D eigenvalue weighted by atomic mass is 10.1. The summed E-state index contributed by atoms with van der Waals surface area (Å²) in [7, 11) is 0. The van der Waals surface area contributed by atoms with Gasteiger partial charge in [-0.25, -0.2) is 0 Å². The molecule has 0 aliphatic rings. The Morgan fingerprint density at radius 1 is 0.909 bits per heavy atom. The number of para-hydroxylation sites is 1. The highest BCUT2D eigenvalue weighted by Crippen LogP contribution is 2.20. The lowest BCUT2D eigenvalue weighted by molar-refractivity contribution is 0.103. The second-order valence-corrected chi connectivity index (χ2v) is 4.91. The molecule has 3 aromatic rings. The average Bonchev–Trinajstić information content (AvgIpc) is 3.00. The molecule has 0 amide bonds. The van der Waals surface area contributed by atoms with Crippen LogP contribution in [0.4, 0.5) is 0 Å². The molecule has 0 fully saturated rings. The van der Waals surface area contributed by atoms with Crippen molar-refractivity contribution in [2.45, 2.75) is 6.42 Å². The van der Waals surface area contributed by atoms with Gasteiger partial charge in [-0.3, -0.25) is 4.79 Å². The monoisotopic (exact) mass is 286 g/mol. The van der Waals surface area contributed by atoms with Gasteiger partial charge < -0.3 is 4.57 Å². The summed E-state index contributed by atoms with van der Waals surface area (Å²) in [5, 5.41) is 9.01. The number of hydrogen-bond donors (Lipinski definition) is 0. The minimum atomic E-state index is -0.0476. The molecule has 22 heavy (non-hydrogen) atoms. The molecule has 0 N–H and O–H groups in total. The average molecular weight is 286 g/mol. The minimum Gasteiger partial charge on any atom is -0.310 e. The highest BCUT2D eigenvalue weighted by Gasteiger charge is 2.17. The highest BCUT2D eigenvalue weighted by molar-refractivity contribution is 6.08. The fraction of sp³-hybridized carbons (Fsp3) is 0.0526. The van der Waals surface area contributed by atoms with Gasteiger partial charge in [-0.05, 0) is 24.3 Å². The maximum Gasteiger partial charge on any atom is 0.209 e. The molecular formula is C19H14N2O. The normalized spacial score (nSPS) is 10.1. The van der Waals surface area contributed by atoms with Gasteiger partial charge in [0.05, 0.1) is 18.2 Å². The van der Waals surface area contributed by atoms with Crippen LogP contribution in [-0.2, 0) is 6.42 Å². The molecule has 0 aliphatic heterocycles. The van der Waals surface area contributed by atoms with E-state index < -0.39 is 0 Å². The molecule has 0 saturated carbocycles. The van der Waals surface area contributed by atoms with Gasteiger partial charge in [-0.1, -0.05) is 48.5 Å². The fourth-order valence-corrected chi connectivity index (χ4v) is 2.49. The molecule has 3 nitrogen and oxygen atoms in total. The summed E-state index contributed by atoms with van der Waals surface area (Å²) >= 11 is 0. The summed E-state index contributed by atoms with van der Waals surface area (Å²) in [4.78, 5) is 12.8. The van der Waals surface area contributed by atoms with Crippen LogP contribution in [0.15, 0.2) is 72.8 Å². The Morgan fingerprint density at radius 3 is 2.18 bits per heavy atom. The van der Waals surface area contributed by atoms with E-state index in [-0.39, 0.29) is 12.2 Å². The Morgan fingerprint density at radius 2 is 1.55 bits per heavy atom. The second kappa shape index (κ2) is 6.11. The highest BCUT2D eigenvalue weighted by atomic mass is 16.1. The van der Waals surface area contributed by atoms with Crippen molar-refractivity contribution in [3.63, 3.8) is 0 Å². The van der Waals surface area contributed by atoms with Gasteiger partial charge in [0.15, 0.2) is 0 Å². The van der Waals surface area contributed by atoms with Crippen LogP contribution in [0.1, 0.15) is 21.7 Å². The van der Waals surface area contributed by atoms with Gasteiger partial charge in [0.1, 0.15) is 0 Å². The molecule has 3 rings (SSSR count). The zero-order chi connectivity index (χ0) is 15.4. The maximum absolute atomic E-state index is 12.8. The van der Waals surface area contributed by atoms with Crippen LogP contribution in [0.3, 0.4) is 0 Å². The van der Waals surface area contributed by atoms with Crippen molar-refractivity contribution in [1.82, 2.24) is 4.57 Å². The third-order valence-corrected chi connectivity index (χ3v) is 3.50. The number of carbonyl (C=O) groups is 1. The Balaban J connectivity index is 2.13. The van der Waals surface area contributed by atoms with Crippen molar-refractivity contribution < 1.29 is 4.79 Å². The molecule has 0 atom stereocenters. The zero-order valence-electron chi connectivity index (χ0n) is 11.9. The number of benzene rings is 2. The molecule has 2 aromatic carbocycles. The Bertz CT molecular complexity index is 827. The molecule has 0 spiro atoms. The molecule has 0 radical (unpaired) electrons. The van der Waals surface area contributed by atoms with Crippen LogP contribution < -0.4 is 0 Å². The topological polar surface area (TPSA) is 45.8 Å². The first-order chi connectivity index (χ1) is 10.8. The fourth-order valence-electron chi connectivity index (χ4n) is 2.49. The van der Waals surface area contributed by atoms with E-state index in [0.29, 0.717) is 11.3 Å². The molecule has 0 unspecified atom stereocenters. The predicted molar refractivity (Wildman–Crippen MR) is 85.0 cm³/mol. The smallest absolute Gasteiger partial charge is 0.209 e. The molecular weight excluding hydrogens is 272 g/mol. The SMILES string of the molecule is N#CCc1ccc(C(=O)c2ccccc2)n1-c1ccccc1. The minimum absolute atomic E-state index is 0.0476. The lowest BCUT2D eigenvalue weighted by Gasteiger charge is -2.11. The van der Waals surface area contributed by atoms with Crippen LogP contribution >= 0.6 is 0 Å². The van der Waals surface area contributed by atoms with Crippen molar-refractivity contribution in [2.24, 2.45) is 0 Å². The van der Waals surface area contributed by atoms with Gasteiger partial charge >= 0.3 is 0 Å². The Labute approximate surface area is 129 Å². The summed E-state index contributed by atoms with van der Waals surface area (Å²) in [6.07, 6.45) is 0.261. The summed E-state index contributed by atoms with van der Waals surface area (Å²) in [5.74, 6) is -0.0476. The van der Waals surface area contributed by atoms with E-state index in [1.54, 1.807) is 18.2 Å². The van der Waals surface area contributed by atoms with Crippen molar-refractivity contribution in [3.05, 3.63) is 89.7 Å². The standard InChI is InChI=1S/C19H14N2O/c20-14-13-17-11-12-18(19(22)15-7-3-1-4-8-15)21(17)16-9-5-2-6-10-16/h1-12H,13H2. The maximum atomic E-state index is 12.8. The first-order valence-corrected chi connectivity index (χ1v) is 7.04. The molecule has 0 saturated heterocycles. The molecule has 0 bridgehead atoms. The van der Waals surface area contributed by atoms with E-state index in [0.717, 1.165) is 11.4 Å². The van der Waals surface area contributed by atoms with Crippen molar-refractivity contribution in [2.75, 3.05) is 0 Å². The number of nitrogens with zero attached hydrogens (tertiary/aromatic N) is 2. The molecule has 3 heteroatoms. The van der Waals surface area contributed by atoms with Gasteiger partial charge in [0, 0.05) is 16.9 Å².